The predicted molar refractivity (Wildman–Crippen MR) is 82.5 cm³/mol. The van der Waals surface area contributed by atoms with Gasteiger partial charge in [0.1, 0.15) is 12.2 Å². The lowest BCUT2D eigenvalue weighted by Gasteiger charge is -2.39. The van der Waals surface area contributed by atoms with Crippen LogP contribution in [0.1, 0.15) is 18.4 Å². The van der Waals surface area contributed by atoms with Crippen LogP contribution < -0.4 is 0 Å². The zero-order chi connectivity index (χ0) is 18.8. The number of phenolic OH excluding ortho intramolecular Hbond substituents is 2. The SMILES string of the molecule is O=C(/C=C/c1ccc(O)c(O)c1)OC1C[C@](O)(C(=O)O)C[C@H](O)[C@@H]1O. The van der Waals surface area contributed by atoms with Gasteiger partial charge in [0.05, 0.1) is 6.10 Å². The number of phenols is 2. The first-order valence-electron chi connectivity index (χ1n) is 7.35. The molecule has 1 aromatic carbocycles. The second-order valence-corrected chi connectivity index (χ2v) is 5.86. The summed E-state index contributed by atoms with van der Waals surface area (Å²) in [5.74, 6) is -3.24. The van der Waals surface area contributed by atoms with Crippen molar-refractivity contribution in [2.75, 3.05) is 0 Å². The summed E-state index contributed by atoms with van der Waals surface area (Å²) in [6.07, 6.45) is -3.44. The van der Waals surface area contributed by atoms with E-state index in [-0.39, 0.29) is 11.5 Å². The van der Waals surface area contributed by atoms with Gasteiger partial charge >= 0.3 is 11.9 Å². The normalized spacial score (nSPS) is 29.5. The van der Waals surface area contributed by atoms with Gasteiger partial charge in [-0.2, -0.15) is 0 Å². The lowest BCUT2D eigenvalue weighted by Crippen LogP contribution is -2.57. The Balaban J connectivity index is 2.06. The van der Waals surface area contributed by atoms with Crippen LogP contribution in [-0.2, 0) is 14.3 Å². The summed E-state index contributed by atoms with van der Waals surface area (Å²) in [6, 6.07) is 3.83. The molecule has 0 heterocycles. The molecule has 136 valence electrons. The summed E-state index contributed by atoms with van der Waals surface area (Å²) in [7, 11) is 0. The highest BCUT2D eigenvalue weighted by molar-refractivity contribution is 5.87. The number of esters is 1. The Labute approximate surface area is 142 Å². The van der Waals surface area contributed by atoms with Gasteiger partial charge in [0, 0.05) is 18.9 Å². The summed E-state index contributed by atoms with van der Waals surface area (Å²) >= 11 is 0. The molecule has 1 aliphatic rings. The van der Waals surface area contributed by atoms with E-state index in [1.807, 2.05) is 0 Å². The third-order valence-corrected chi connectivity index (χ3v) is 3.94. The first-order chi connectivity index (χ1) is 11.6. The van der Waals surface area contributed by atoms with E-state index in [4.69, 9.17) is 9.84 Å². The number of aliphatic hydroxyl groups is 3. The Morgan fingerprint density at radius 1 is 1.16 bits per heavy atom. The molecule has 0 saturated heterocycles. The smallest absolute Gasteiger partial charge is 0.335 e. The minimum Gasteiger partial charge on any atom is -0.504 e. The number of carboxylic acid groups (broad SMARTS) is 1. The van der Waals surface area contributed by atoms with Crippen molar-refractivity contribution < 1.29 is 45.0 Å². The third kappa shape index (κ3) is 4.27. The fourth-order valence-electron chi connectivity index (χ4n) is 2.53. The first-order valence-corrected chi connectivity index (χ1v) is 7.35. The molecule has 0 aliphatic heterocycles. The molecule has 9 heteroatoms. The molecule has 1 saturated carbocycles. The van der Waals surface area contributed by atoms with E-state index in [9.17, 15) is 35.1 Å². The van der Waals surface area contributed by atoms with Gasteiger partial charge in [0.15, 0.2) is 17.1 Å². The molecule has 0 aromatic heterocycles. The van der Waals surface area contributed by atoms with Crippen molar-refractivity contribution in [3.05, 3.63) is 29.8 Å². The number of aliphatic carboxylic acids is 1. The standard InChI is InChI=1S/C16H18O9/c17-9-3-1-8(5-10(9)18)2-4-13(20)25-12-7-16(24,15(22)23)6-11(19)14(12)21/h1-5,11-12,14,17-19,21,24H,6-7H2,(H,22,23)/b4-2+/t11-,12?,14-,16-/m0/s1. The number of benzene rings is 1. The van der Waals surface area contributed by atoms with E-state index in [0.29, 0.717) is 5.56 Å². The highest BCUT2D eigenvalue weighted by Gasteiger charge is 2.50. The predicted octanol–water partition coefficient (Wildman–Crippen LogP) is -0.646. The number of hydrogen-bond acceptors (Lipinski definition) is 8. The van der Waals surface area contributed by atoms with Crippen LogP contribution >= 0.6 is 0 Å². The molecular formula is C16H18O9. The summed E-state index contributed by atoms with van der Waals surface area (Å²) in [5.41, 5.74) is -1.94. The van der Waals surface area contributed by atoms with E-state index in [1.54, 1.807) is 0 Å². The van der Waals surface area contributed by atoms with Gasteiger partial charge in [-0.25, -0.2) is 9.59 Å². The highest BCUT2D eigenvalue weighted by Crippen LogP contribution is 2.31. The van der Waals surface area contributed by atoms with Gasteiger partial charge in [0.25, 0.3) is 0 Å². The molecule has 0 bridgehead atoms. The number of hydrogen-bond donors (Lipinski definition) is 6. The zero-order valence-electron chi connectivity index (χ0n) is 12.9. The minimum atomic E-state index is -2.31. The number of rotatable bonds is 4. The second kappa shape index (κ2) is 7.09. The topological polar surface area (TPSA) is 165 Å². The summed E-state index contributed by atoms with van der Waals surface area (Å²) in [6.45, 7) is 0. The Bertz CT molecular complexity index is 699. The number of aliphatic hydroxyl groups excluding tert-OH is 2. The van der Waals surface area contributed by atoms with E-state index in [1.165, 1.54) is 24.3 Å². The molecule has 25 heavy (non-hydrogen) atoms. The monoisotopic (exact) mass is 354 g/mol. The molecule has 0 amide bonds. The van der Waals surface area contributed by atoms with Crippen LogP contribution in [0, 0.1) is 0 Å². The van der Waals surface area contributed by atoms with Crippen molar-refractivity contribution >= 4 is 18.0 Å². The van der Waals surface area contributed by atoms with Gasteiger partial charge in [-0.1, -0.05) is 6.07 Å². The fourth-order valence-corrected chi connectivity index (χ4v) is 2.53. The van der Waals surface area contributed by atoms with Crippen molar-refractivity contribution in [1.82, 2.24) is 0 Å². The van der Waals surface area contributed by atoms with Crippen LogP contribution in [0.2, 0.25) is 0 Å². The Morgan fingerprint density at radius 3 is 2.44 bits per heavy atom. The fraction of sp³-hybridized carbons (Fsp3) is 0.375. The minimum absolute atomic E-state index is 0.327. The molecule has 0 spiro atoms. The molecule has 9 nitrogen and oxygen atoms in total. The van der Waals surface area contributed by atoms with Crippen LogP contribution in [0.5, 0.6) is 11.5 Å². The van der Waals surface area contributed by atoms with Crippen LogP contribution in [0.15, 0.2) is 24.3 Å². The number of carbonyl (C=O) groups excluding carboxylic acids is 1. The maximum Gasteiger partial charge on any atom is 0.335 e. The quantitative estimate of drug-likeness (QED) is 0.234. The number of aromatic hydroxyl groups is 2. The van der Waals surface area contributed by atoms with Crippen molar-refractivity contribution in [2.24, 2.45) is 0 Å². The van der Waals surface area contributed by atoms with Crippen molar-refractivity contribution in [3.63, 3.8) is 0 Å². The van der Waals surface area contributed by atoms with Gasteiger partial charge in [0.2, 0.25) is 0 Å². The van der Waals surface area contributed by atoms with E-state index >= 15 is 0 Å². The molecule has 4 atom stereocenters. The summed E-state index contributed by atoms with van der Waals surface area (Å²) in [5, 5.41) is 57.0. The van der Waals surface area contributed by atoms with Crippen molar-refractivity contribution in [1.29, 1.82) is 0 Å². The van der Waals surface area contributed by atoms with Crippen LogP contribution in [0.4, 0.5) is 0 Å². The average Bonchev–Trinajstić information content (AvgIpc) is 2.53. The van der Waals surface area contributed by atoms with Gasteiger partial charge in [-0.15, -0.1) is 0 Å². The Kier molecular flexibility index (Phi) is 5.31. The molecule has 1 aromatic rings. The molecule has 0 radical (unpaired) electrons. The van der Waals surface area contributed by atoms with Crippen molar-refractivity contribution in [3.8, 4) is 11.5 Å². The maximum atomic E-state index is 11.8. The molecule has 6 N–H and O–H groups in total. The largest absolute Gasteiger partial charge is 0.504 e. The van der Waals surface area contributed by atoms with Crippen molar-refractivity contribution in [2.45, 2.75) is 36.8 Å². The lowest BCUT2D eigenvalue weighted by molar-refractivity contribution is -0.196. The molecule has 2 rings (SSSR count). The molecule has 1 aliphatic carbocycles. The number of ether oxygens (including phenoxy) is 1. The van der Waals surface area contributed by atoms with Gasteiger partial charge < -0.3 is 35.4 Å². The molecular weight excluding hydrogens is 336 g/mol. The van der Waals surface area contributed by atoms with E-state index < -0.39 is 48.7 Å². The lowest BCUT2D eigenvalue weighted by atomic mass is 9.79. The Morgan fingerprint density at radius 2 is 1.84 bits per heavy atom. The Hall–Kier alpha value is -2.62. The third-order valence-electron chi connectivity index (χ3n) is 3.94. The van der Waals surface area contributed by atoms with E-state index in [2.05, 4.69) is 0 Å². The summed E-state index contributed by atoms with van der Waals surface area (Å²) < 4.78 is 4.92. The number of carbonyl (C=O) groups is 2. The van der Waals surface area contributed by atoms with Crippen LogP contribution in [0.3, 0.4) is 0 Å². The van der Waals surface area contributed by atoms with Gasteiger partial charge in [-0.3, -0.25) is 0 Å². The highest BCUT2D eigenvalue weighted by atomic mass is 16.6. The van der Waals surface area contributed by atoms with Gasteiger partial charge in [-0.05, 0) is 23.8 Å². The second-order valence-electron chi connectivity index (χ2n) is 5.86. The average molecular weight is 354 g/mol. The zero-order valence-corrected chi connectivity index (χ0v) is 12.9. The number of carboxylic acids is 1. The first kappa shape index (κ1) is 18.7. The van der Waals surface area contributed by atoms with Crippen LogP contribution in [0.25, 0.3) is 6.08 Å². The summed E-state index contributed by atoms with van der Waals surface area (Å²) in [4.78, 5) is 22.9. The van der Waals surface area contributed by atoms with Crippen LogP contribution in [-0.4, -0.2) is 66.5 Å². The molecule has 1 fully saturated rings. The maximum absolute atomic E-state index is 11.8. The van der Waals surface area contributed by atoms with E-state index in [0.717, 1.165) is 6.08 Å². The molecule has 1 unspecified atom stereocenters.